The Bertz CT molecular complexity index is 1040. The maximum absolute atomic E-state index is 12.4. The van der Waals surface area contributed by atoms with E-state index in [1.165, 1.54) is 11.8 Å². The Morgan fingerprint density at radius 2 is 2.17 bits per heavy atom. The van der Waals surface area contributed by atoms with Crippen molar-refractivity contribution < 1.29 is 14.6 Å². The van der Waals surface area contributed by atoms with Crippen LogP contribution in [0.2, 0.25) is 5.02 Å². The normalized spacial score (nSPS) is 16.3. The van der Waals surface area contributed by atoms with Gasteiger partial charge >= 0.3 is 0 Å². The minimum absolute atomic E-state index is 0.0896. The first-order valence-electron chi connectivity index (χ1n) is 8.75. The number of nitrogens with zero attached hydrogens (tertiary/aromatic N) is 1. The smallest absolute Gasteiger partial charge is 0.264 e. The van der Waals surface area contributed by atoms with Crippen LogP contribution in [0, 0.1) is 0 Å². The van der Waals surface area contributed by atoms with Gasteiger partial charge in [-0.2, -0.15) is 0 Å². The summed E-state index contributed by atoms with van der Waals surface area (Å²) in [4.78, 5) is 17.3. The van der Waals surface area contributed by atoms with Crippen molar-refractivity contribution in [3.8, 4) is 11.5 Å². The molecule has 2 aromatic carbocycles. The Morgan fingerprint density at radius 1 is 1.38 bits per heavy atom. The summed E-state index contributed by atoms with van der Waals surface area (Å²) in [6.45, 7) is 5.98. The lowest BCUT2D eigenvalue weighted by atomic mass is 10.1. The number of carbonyl (C=O) groups excluding carboxylic acids is 1. The number of aromatic hydroxyl groups is 1. The van der Waals surface area contributed by atoms with Crippen LogP contribution in [0.1, 0.15) is 18.1 Å². The van der Waals surface area contributed by atoms with Gasteiger partial charge in [-0.05, 0) is 83.0 Å². The van der Waals surface area contributed by atoms with Crippen molar-refractivity contribution in [2.24, 2.45) is 4.99 Å². The molecule has 8 heteroatoms. The summed E-state index contributed by atoms with van der Waals surface area (Å²) in [5.41, 5.74) is 2.06. The predicted molar refractivity (Wildman–Crippen MR) is 123 cm³/mol. The van der Waals surface area contributed by atoms with Crippen molar-refractivity contribution in [3.05, 3.63) is 68.5 Å². The Morgan fingerprint density at radius 3 is 2.86 bits per heavy atom. The molecule has 0 unspecified atom stereocenters. The summed E-state index contributed by atoms with van der Waals surface area (Å²) >= 11 is 10.7. The average Bonchev–Trinajstić information content (AvgIpc) is 3.01. The number of phenols is 1. The van der Waals surface area contributed by atoms with Crippen LogP contribution >= 0.6 is 39.3 Å². The van der Waals surface area contributed by atoms with Gasteiger partial charge in [0.15, 0.2) is 16.7 Å². The molecule has 29 heavy (non-hydrogen) atoms. The van der Waals surface area contributed by atoms with Gasteiger partial charge in [-0.3, -0.25) is 4.79 Å². The Hall–Kier alpha value is -2.22. The zero-order valence-electron chi connectivity index (χ0n) is 15.5. The van der Waals surface area contributed by atoms with Crippen molar-refractivity contribution in [3.63, 3.8) is 0 Å². The fourth-order valence-corrected chi connectivity index (χ4v) is 3.92. The first kappa shape index (κ1) is 21.5. The molecular weight excluding hydrogens is 476 g/mol. The minimum atomic E-state index is -0.242. The monoisotopic (exact) mass is 492 g/mol. The van der Waals surface area contributed by atoms with E-state index in [1.807, 2.05) is 13.0 Å². The summed E-state index contributed by atoms with van der Waals surface area (Å²) in [6, 6.07) is 8.82. The van der Waals surface area contributed by atoms with Crippen molar-refractivity contribution in [1.29, 1.82) is 0 Å². The Kier molecular flexibility index (Phi) is 7.05. The standard InChI is InChI=1S/C21H18BrClN2O3S/c1-3-5-13-8-12(9-17(19(13)26)28-4-2)10-18-20(27)25-21(29-18)24-14-6-7-15(22)16(23)11-14/h3,6-11,26H,1,4-5H2,2H3,(H,24,25,27)/b18-10-. The van der Waals surface area contributed by atoms with E-state index in [2.05, 4.69) is 32.8 Å². The summed E-state index contributed by atoms with van der Waals surface area (Å²) in [5, 5.41) is 14.1. The maximum atomic E-state index is 12.4. The Balaban J connectivity index is 1.90. The van der Waals surface area contributed by atoms with Gasteiger partial charge in [-0.1, -0.05) is 17.7 Å². The average molecular weight is 494 g/mol. The van der Waals surface area contributed by atoms with Gasteiger partial charge in [0.25, 0.3) is 5.91 Å². The molecule has 0 saturated carbocycles. The molecule has 1 aliphatic heterocycles. The van der Waals surface area contributed by atoms with Crippen molar-refractivity contribution in [1.82, 2.24) is 5.32 Å². The van der Waals surface area contributed by atoms with Gasteiger partial charge in [0.05, 0.1) is 22.2 Å². The third-order valence-electron chi connectivity index (χ3n) is 3.92. The highest BCUT2D eigenvalue weighted by molar-refractivity contribution is 9.10. The quantitative estimate of drug-likeness (QED) is 0.392. The number of halogens is 2. The molecule has 150 valence electrons. The molecule has 0 bridgehead atoms. The second kappa shape index (κ2) is 9.52. The van der Waals surface area contributed by atoms with Crippen molar-refractivity contribution >= 4 is 62.1 Å². The molecule has 1 saturated heterocycles. The molecule has 0 radical (unpaired) electrons. The largest absolute Gasteiger partial charge is 0.504 e. The lowest BCUT2D eigenvalue weighted by Gasteiger charge is -2.11. The summed E-state index contributed by atoms with van der Waals surface area (Å²) in [6.07, 6.45) is 3.93. The number of thioether (sulfide) groups is 1. The lowest BCUT2D eigenvalue weighted by Crippen LogP contribution is -2.19. The lowest BCUT2D eigenvalue weighted by molar-refractivity contribution is -0.115. The van der Waals surface area contributed by atoms with Gasteiger partial charge in [0.2, 0.25) is 0 Å². The summed E-state index contributed by atoms with van der Waals surface area (Å²) in [5.74, 6) is 0.223. The number of ether oxygens (including phenoxy) is 1. The topological polar surface area (TPSA) is 70.9 Å². The maximum Gasteiger partial charge on any atom is 0.264 e. The van der Waals surface area contributed by atoms with Crippen molar-refractivity contribution in [2.75, 3.05) is 6.61 Å². The van der Waals surface area contributed by atoms with Crippen LogP contribution < -0.4 is 10.1 Å². The van der Waals surface area contributed by atoms with E-state index in [1.54, 1.807) is 36.4 Å². The van der Waals surface area contributed by atoms with Crippen LogP contribution in [0.5, 0.6) is 11.5 Å². The minimum Gasteiger partial charge on any atom is -0.504 e. The number of allylic oxidation sites excluding steroid dienone is 1. The van der Waals surface area contributed by atoms with E-state index < -0.39 is 0 Å². The SMILES string of the molecule is C=CCc1cc(/C=C2\SC(=Nc3ccc(Br)c(Cl)c3)NC2=O)cc(OCC)c1O. The van der Waals surface area contributed by atoms with E-state index in [4.69, 9.17) is 16.3 Å². The van der Waals surface area contributed by atoms with E-state index in [9.17, 15) is 9.90 Å². The van der Waals surface area contributed by atoms with Crippen molar-refractivity contribution in [2.45, 2.75) is 13.3 Å². The molecule has 0 atom stereocenters. The molecule has 2 N–H and O–H groups in total. The van der Waals surface area contributed by atoms with E-state index >= 15 is 0 Å². The first-order chi connectivity index (χ1) is 13.9. The highest BCUT2D eigenvalue weighted by Crippen LogP contribution is 2.35. The van der Waals surface area contributed by atoms with Gasteiger partial charge in [0, 0.05) is 10.0 Å². The molecule has 0 spiro atoms. The molecule has 1 amide bonds. The Labute approximate surface area is 186 Å². The van der Waals surface area contributed by atoms with Gasteiger partial charge in [0.1, 0.15) is 0 Å². The molecule has 1 aliphatic rings. The first-order valence-corrected chi connectivity index (χ1v) is 10.7. The highest BCUT2D eigenvalue weighted by Gasteiger charge is 2.24. The molecular formula is C21H18BrClN2O3S. The summed E-state index contributed by atoms with van der Waals surface area (Å²) in [7, 11) is 0. The fourth-order valence-electron chi connectivity index (χ4n) is 2.65. The predicted octanol–water partition coefficient (Wildman–Crippen LogP) is 5.83. The number of hydrogen-bond donors (Lipinski definition) is 2. The third-order valence-corrected chi connectivity index (χ3v) is 6.07. The van der Waals surface area contributed by atoms with Crippen LogP contribution in [-0.4, -0.2) is 22.8 Å². The van der Waals surface area contributed by atoms with E-state index in [0.717, 1.165) is 10.0 Å². The molecule has 3 rings (SSSR count). The number of amides is 1. The number of benzene rings is 2. The van der Waals surface area contributed by atoms with Gasteiger partial charge < -0.3 is 15.2 Å². The van der Waals surface area contributed by atoms with Crippen LogP contribution in [0.15, 0.2) is 57.4 Å². The molecule has 0 aliphatic carbocycles. The van der Waals surface area contributed by atoms with Gasteiger partial charge in [-0.25, -0.2) is 4.99 Å². The van der Waals surface area contributed by atoms with Crippen LogP contribution in [0.4, 0.5) is 5.69 Å². The van der Waals surface area contributed by atoms with Crippen LogP contribution in [-0.2, 0) is 11.2 Å². The second-order valence-electron chi connectivity index (χ2n) is 6.03. The number of hydrogen-bond acceptors (Lipinski definition) is 5. The molecule has 1 heterocycles. The fraction of sp³-hybridized carbons (Fsp3) is 0.143. The molecule has 5 nitrogen and oxygen atoms in total. The second-order valence-corrected chi connectivity index (χ2v) is 8.32. The zero-order valence-corrected chi connectivity index (χ0v) is 18.7. The summed E-state index contributed by atoms with van der Waals surface area (Å²) < 4.78 is 6.29. The third kappa shape index (κ3) is 5.23. The molecule has 2 aromatic rings. The number of aliphatic imine (C=N–C) groups is 1. The number of rotatable bonds is 6. The van der Waals surface area contributed by atoms with Gasteiger partial charge in [-0.15, -0.1) is 6.58 Å². The highest BCUT2D eigenvalue weighted by atomic mass is 79.9. The molecule has 0 aromatic heterocycles. The van der Waals surface area contributed by atoms with E-state index in [-0.39, 0.29) is 11.7 Å². The van der Waals surface area contributed by atoms with Crippen LogP contribution in [0.25, 0.3) is 6.08 Å². The van der Waals surface area contributed by atoms with E-state index in [0.29, 0.717) is 45.1 Å². The number of amidine groups is 1. The molecule has 1 fully saturated rings. The number of phenolic OH excluding ortho intramolecular Hbond substituents is 1. The zero-order chi connectivity index (χ0) is 21.0. The van der Waals surface area contributed by atoms with Crippen LogP contribution in [0.3, 0.4) is 0 Å². The number of nitrogens with one attached hydrogen (secondary N) is 1. The number of carbonyl (C=O) groups is 1.